The van der Waals surface area contributed by atoms with Gasteiger partial charge in [0, 0.05) is 17.5 Å². The molecule has 2 heterocycles. The first kappa shape index (κ1) is 26.9. The van der Waals surface area contributed by atoms with E-state index in [2.05, 4.69) is 5.32 Å². The zero-order valence-corrected chi connectivity index (χ0v) is 23.1. The van der Waals surface area contributed by atoms with E-state index in [-0.39, 0.29) is 37.6 Å². The summed E-state index contributed by atoms with van der Waals surface area (Å²) in [4.78, 5) is 30.7. The molecule has 2 aliphatic rings. The van der Waals surface area contributed by atoms with Gasteiger partial charge in [-0.2, -0.15) is 0 Å². The van der Waals surface area contributed by atoms with Crippen LogP contribution in [0.2, 0.25) is 0 Å². The van der Waals surface area contributed by atoms with E-state index in [0.717, 1.165) is 36.1 Å². The Hall–Kier alpha value is -3.72. The molecule has 0 saturated heterocycles. The molecule has 1 N–H and O–H groups in total. The van der Waals surface area contributed by atoms with Crippen molar-refractivity contribution < 1.29 is 28.5 Å². The van der Waals surface area contributed by atoms with Crippen molar-refractivity contribution >= 4 is 23.2 Å². The third kappa shape index (κ3) is 6.30. The number of hydrogen-bond acceptors (Lipinski definition) is 7. The molecule has 2 aromatic carbocycles. The van der Waals surface area contributed by atoms with Crippen LogP contribution in [0.1, 0.15) is 54.1 Å². The third-order valence-electron chi connectivity index (χ3n) is 7.25. The predicted molar refractivity (Wildman–Crippen MR) is 148 cm³/mol. The van der Waals surface area contributed by atoms with Gasteiger partial charge in [-0.1, -0.05) is 37.5 Å². The van der Waals surface area contributed by atoms with E-state index in [9.17, 15) is 9.59 Å². The molecule has 0 unspecified atom stereocenters. The van der Waals surface area contributed by atoms with Crippen molar-refractivity contribution in [2.24, 2.45) is 0 Å². The standard InChI is InChI=1S/C30H34N2O6S/c1-35-24-13-11-21(16-26(24)36-2)29(30(34)31-22-7-4-3-5-8-22)32(28(33)17-23-9-6-14-39-23)18-20-10-12-25-27(15-20)38-19-37-25/h6,9-16,22,29H,3-5,7-8,17-19H2,1-2H3,(H,31,34)/t29-/m1/s1. The summed E-state index contributed by atoms with van der Waals surface area (Å²) in [5, 5.41) is 5.21. The molecule has 1 aromatic heterocycles. The smallest absolute Gasteiger partial charge is 0.247 e. The second kappa shape index (κ2) is 12.4. The average molecular weight is 551 g/mol. The largest absolute Gasteiger partial charge is 0.493 e. The lowest BCUT2D eigenvalue weighted by atomic mass is 9.94. The number of rotatable bonds is 10. The van der Waals surface area contributed by atoms with Crippen LogP contribution in [0.25, 0.3) is 0 Å². The van der Waals surface area contributed by atoms with Gasteiger partial charge in [-0.15, -0.1) is 11.3 Å². The Morgan fingerprint density at radius 1 is 1.00 bits per heavy atom. The Balaban J connectivity index is 1.53. The second-order valence-corrected chi connectivity index (χ2v) is 10.9. The molecule has 1 saturated carbocycles. The van der Waals surface area contributed by atoms with Crippen LogP contribution in [0.15, 0.2) is 53.9 Å². The van der Waals surface area contributed by atoms with Gasteiger partial charge in [-0.05, 0) is 59.7 Å². The highest BCUT2D eigenvalue weighted by Gasteiger charge is 2.34. The summed E-state index contributed by atoms with van der Waals surface area (Å²) in [7, 11) is 3.13. The second-order valence-electron chi connectivity index (χ2n) is 9.83. The lowest BCUT2D eigenvalue weighted by Crippen LogP contribution is -2.47. The highest BCUT2D eigenvalue weighted by Crippen LogP contribution is 2.36. The Morgan fingerprint density at radius 2 is 1.79 bits per heavy atom. The molecule has 0 radical (unpaired) electrons. The van der Waals surface area contributed by atoms with Crippen molar-refractivity contribution in [2.45, 2.75) is 57.2 Å². The van der Waals surface area contributed by atoms with Crippen molar-refractivity contribution in [1.82, 2.24) is 10.2 Å². The Labute approximate surface area is 232 Å². The van der Waals surface area contributed by atoms with E-state index in [1.807, 2.05) is 41.8 Å². The first-order valence-electron chi connectivity index (χ1n) is 13.3. The lowest BCUT2D eigenvalue weighted by molar-refractivity contribution is -0.141. The summed E-state index contributed by atoms with van der Waals surface area (Å²) >= 11 is 1.53. The van der Waals surface area contributed by atoms with Gasteiger partial charge >= 0.3 is 0 Å². The number of amides is 2. The van der Waals surface area contributed by atoms with Crippen LogP contribution in [0, 0.1) is 0 Å². The minimum atomic E-state index is -0.871. The van der Waals surface area contributed by atoms with Crippen molar-refractivity contribution in [2.75, 3.05) is 21.0 Å². The number of thiophene rings is 1. The van der Waals surface area contributed by atoms with Crippen molar-refractivity contribution in [3.05, 3.63) is 69.9 Å². The average Bonchev–Trinajstić information content (AvgIpc) is 3.65. The number of benzene rings is 2. The first-order valence-corrected chi connectivity index (χ1v) is 14.2. The van der Waals surface area contributed by atoms with E-state index in [1.165, 1.54) is 17.8 Å². The van der Waals surface area contributed by atoms with Crippen LogP contribution in [0.4, 0.5) is 0 Å². The Kier molecular flexibility index (Phi) is 8.56. The molecular formula is C30H34N2O6S. The zero-order valence-electron chi connectivity index (χ0n) is 22.3. The quantitative estimate of drug-likeness (QED) is 0.371. The van der Waals surface area contributed by atoms with Crippen LogP contribution in [-0.2, 0) is 22.6 Å². The Bertz CT molecular complexity index is 1290. The number of hydrogen-bond donors (Lipinski definition) is 1. The molecule has 0 spiro atoms. The van der Waals surface area contributed by atoms with Crippen LogP contribution in [-0.4, -0.2) is 43.8 Å². The van der Waals surface area contributed by atoms with Gasteiger partial charge in [-0.25, -0.2) is 0 Å². The number of carbonyl (C=O) groups excluding carboxylic acids is 2. The first-order chi connectivity index (χ1) is 19.1. The molecule has 1 aliphatic heterocycles. The summed E-state index contributed by atoms with van der Waals surface area (Å²) in [5.74, 6) is 2.01. The highest BCUT2D eigenvalue weighted by molar-refractivity contribution is 7.10. The maximum absolute atomic E-state index is 14.1. The topological polar surface area (TPSA) is 86.3 Å². The minimum absolute atomic E-state index is 0.0914. The fourth-order valence-electron chi connectivity index (χ4n) is 5.25. The third-order valence-corrected chi connectivity index (χ3v) is 8.13. The highest BCUT2D eigenvalue weighted by atomic mass is 32.1. The number of ether oxygens (including phenoxy) is 4. The summed E-state index contributed by atoms with van der Waals surface area (Å²) in [5.41, 5.74) is 1.50. The molecule has 9 heteroatoms. The molecule has 1 fully saturated rings. The molecular weight excluding hydrogens is 516 g/mol. The fraction of sp³-hybridized carbons (Fsp3) is 0.400. The van der Waals surface area contributed by atoms with Gasteiger partial charge in [-0.3, -0.25) is 9.59 Å². The van der Waals surface area contributed by atoms with Gasteiger partial charge in [0.05, 0.1) is 20.6 Å². The van der Waals surface area contributed by atoms with Gasteiger partial charge in [0.1, 0.15) is 6.04 Å². The van der Waals surface area contributed by atoms with Gasteiger partial charge in [0.15, 0.2) is 23.0 Å². The number of fused-ring (bicyclic) bond motifs is 1. The number of nitrogens with one attached hydrogen (secondary N) is 1. The van der Waals surface area contributed by atoms with Crippen molar-refractivity contribution in [1.29, 1.82) is 0 Å². The lowest BCUT2D eigenvalue weighted by Gasteiger charge is -2.34. The predicted octanol–water partition coefficient (Wildman–Crippen LogP) is 5.26. The fourth-order valence-corrected chi connectivity index (χ4v) is 5.94. The summed E-state index contributed by atoms with van der Waals surface area (Å²) in [6.45, 7) is 0.385. The molecule has 1 aliphatic carbocycles. The number of nitrogens with zero attached hydrogens (tertiary/aromatic N) is 1. The van der Waals surface area contributed by atoms with Gasteiger partial charge in [0.25, 0.3) is 0 Å². The number of carbonyl (C=O) groups is 2. The SMILES string of the molecule is COc1ccc([C@H](C(=O)NC2CCCCC2)N(Cc2ccc3c(c2)OCO3)C(=O)Cc2cccs2)cc1OC. The maximum atomic E-state index is 14.1. The van der Waals surface area contributed by atoms with E-state index in [0.29, 0.717) is 28.6 Å². The van der Waals surface area contributed by atoms with Crippen molar-refractivity contribution in [3.8, 4) is 23.0 Å². The van der Waals surface area contributed by atoms with E-state index < -0.39 is 6.04 Å². The normalized spacial score (nSPS) is 15.4. The van der Waals surface area contributed by atoms with Crippen LogP contribution < -0.4 is 24.3 Å². The molecule has 0 bridgehead atoms. The zero-order chi connectivity index (χ0) is 27.2. The van der Waals surface area contributed by atoms with Gasteiger partial charge < -0.3 is 29.2 Å². The van der Waals surface area contributed by atoms with Crippen LogP contribution in [0.3, 0.4) is 0 Å². The molecule has 206 valence electrons. The molecule has 8 nitrogen and oxygen atoms in total. The van der Waals surface area contributed by atoms with Crippen LogP contribution >= 0.6 is 11.3 Å². The summed E-state index contributed by atoms with van der Waals surface area (Å²) < 4.78 is 22.1. The summed E-state index contributed by atoms with van der Waals surface area (Å²) in [6, 6.07) is 14.1. The minimum Gasteiger partial charge on any atom is -0.493 e. The summed E-state index contributed by atoms with van der Waals surface area (Å²) in [6.07, 6.45) is 5.43. The van der Waals surface area contributed by atoms with E-state index in [4.69, 9.17) is 18.9 Å². The number of methoxy groups -OCH3 is 2. The maximum Gasteiger partial charge on any atom is 0.247 e. The molecule has 3 aromatic rings. The molecule has 39 heavy (non-hydrogen) atoms. The molecule has 1 atom stereocenters. The van der Waals surface area contributed by atoms with Crippen molar-refractivity contribution in [3.63, 3.8) is 0 Å². The van der Waals surface area contributed by atoms with E-state index >= 15 is 0 Å². The van der Waals surface area contributed by atoms with Crippen LogP contribution in [0.5, 0.6) is 23.0 Å². The van der Waals surface area contributed by atoms with Gasteiger partial charge in [0.2, 0.25) is 18.6 Å². The monoisotopic (exact) mass is 550 g/mol. The molecule has 2 amide bonds. The molecule has 5 rings (SSSR count). The van der Waals surface area contributed by atoms with E-state index in [1.54, 1.807) is 31.3 Å². The Morgan fingerprint density at radius 3 is 2.54 bits per heavy atom.